The maximum absolute atomic E-state index is 2.51. The molecule has 13 aromatic carbocycles. The van der Waals surface area contributed by atoms with Crippen LogP contribution in [-0.4, -0.2) is 0 Å². The third-order valence-corrected chi connectivity index (χ3v) is 13.7. The van der Waals surface area contributed by atoms with Gasteiger partial charge in [-0.1, -0.05) is 206 Å². The number of benzene rings is 13. The highest BCUT2D eigenvalue weighted by atomic mass is 15.2. The maximum atomic E-state index is 2.51. The van der Waals surface area contributed by atoms with Crippen molar-refractivity contribution in [2.45, 2.75) is 0 Å². The van der Waals surface area contributed by atoms with E-state index in [1.54, 1.807) is 0 Å². The average molecular weight is 865 g/mol. The fraction of sp³-hybridized carbons (Fsp3) is 0. The zero-order valence-electron chi connectivity index (χ0n) is 37.3. The minimum Gasteiger partial charge on any atom is -0.309 e. The van der Waals surface area contributed by atoms with Gasteiger partial charge >= 0.3 is 0 Å². The molecule has 68 heavy (non-hydrogen) atoms. The van der Waals surface area contributed by atoms with Crippen LogP contribution in [0.4, 0.5) is 34.1 Å². The Morgan fingerprint density at radius 3 is 0.765 bits per heavy atom. The SMILES string of the molecule is c1ccc(-c2ccc3c(N(c4ccc5ccccc5c4)c4ccc5ccccc5c4)c4cc(-c5ccccc5)ccc4c(N(c4ccc5ccccc5c4)c4ccc5ccccc5c4)c3c2)cc1. The molecule has 0 saturated heterocycles. The van der Waals surface area contributed by atoms with Crippen molar-refractivity contribution in [2.75, 3.05) is 9.80 Å². The van der Waals surface area contributed by atoms with E-state index in [-0.39, 0.29) is 0 Å². The van der Waals surface area contributed by atoms with E-state index < -0.39 is 0 Å². The molecule has 0 aliphatic heterocycles. The summed E-state index contributed by atoms with van der Waals surface area (Å²) in [4.78, 5) is 5.03. The Kier molecular flexibility index (Phi) is 9.54. The van der Waals surface area contributed by atoms with E-state index in [9.17, 15) is 0 Å². The van der Waals surface area contributed by atoms with Gasteiger partial charge in [-0.2, -0.15) is 0 Å². The maximum Gasteiger partial charge on any atom is 0.0620 e. The average Bonchev–Trinajstić information content (AvgIpc) is 3.41. The summed E-state index contributed by atoms with van der Waals surface area (Å²) in [7, 11) is 0. The summed E-state index contributed by atoms with van der Waals surface area (Å²) in [6, 6.07) is 98.2. The van der Waals surface area contributed by atoms with Gasteiger partial charge in [-0.3, -0.25) is 0 Å². The van der Waals surface area contributed by atoms with Crippen LogP contribution in [0.2, 0.25) is 0 Å². The zero-order valence-corrected chi connectivity index (χ0v) is 37.3. The summed E-state index contributed by atoms with van der Waals surface area (Å²) >= 11 is 0. The van der Waals surface area contributed by atoms with Crippen LogP contribution in [0.25, 0.3) is 86.9 Å². The molecule has 0 saturated carbocycles. The van der Waals surface area contributed by atoms with Gasteiger partial charge in [0.05, 0.1) is 11.4 Å². The van der Waals surface area contributed by atoms with Gasteiger partial charge in [0.25, 0.3) is 0 Å². The molecule has 0 N–H and O–H groups in total. The molecule has 0 atom stereocenters. The zero-order chi connectivity index (χ0) is 45.0. The van der Waals surface area contributed by atoms with Crippen LogP contribution >= 0.6 is 0 Å². The number of rotatable bonds is 8. The first-order valence-corrected chi connectivity index (χ1v) is 23.4. The summed E-state index contributed by atoms with van der Waals surface area (Å²) in [6.07, 6.45) is 0. The summed E-state index contributed by atoms with van der Waals surface area (Å²) in [5, 5.41) is 14.2. The largest absolute Gasteiger partial charge is 0.309 e. The Morgan fingerprint density at radius 2 is 0.456 bits per heavy atom. The number of fused-ring (bicyclic) bond motifs is 6. The third kappa shape index (κ3) is 6.90. The molecule has 0 bridgehead atoms. The first-order chi connectivity index (χ1) is 33.7. The van der Waals surface area contributed by atoms with Crippen molar-refractivity contribution < 1.29 is 0 Å². The highest BCUT2D eigenvalue weighted by Crippen LogP contribution is 2.53. The molecule has 318 valence electrons. The Bertz CT molecular complexity index is 3620. The first-order valence-electron chi connectivity index (χ1n) is 23.4. The topological polar surface area (TPSA) is 6.48 Å². The molecular weight excluding hydrogens is 821 g/mol. The second-order valence-electron chi connectivity index (χ2n) is 17.7. The normalized spacial score (nSPS) is 11.5. The predicted molar refractivity (Wildman–Crippen MR) is 292 cm³/mol. The fourth-order valence-corrected chi connectivity index (χ4v) is 10.4. The molecular formula is C66H44N2. The molecule has 0 amide bonds. The van der Waals surface area contributed by atoms with E-state index in [1.165, 1.54) is 54.2 Å². The molecule has 0 aromatic heterocycles. The Labute approximate surface area is 395 Å². The first kappa shape index (κ1) is 39.4. The van der Waals surface area contributed by atoms with E-state index in [2.05, 4.69) is 277 Å². The van der Waals surface area contributed by atoms with E-state index in [0.29, 0.717) is 0 Å². The molecule has 2 nitrogen and oxygen atoms in total. The minimum absolute atomic E-state index is 1.09. The Hall–Kier alpha value is -8.98. The van der Waals surface area contributed by atoms with E-state index in [1.807, 2.05) is 0 Å². The van der Waals surface area contributed by atoms with Crippen molar-refractivity contribution in [2.24, 2.45) is 0 Å². The molecule has 0 fully saturated rings. The van der Waals surface area contributed by atoms with Gasteiger partial charge in [0.15, 0.2) is 0 Å². The summed E-state index contributed by atoms with van der Waals surface area (Å²) < 4.78 is 0. The molecule has 0 heterocycles. The van der Waals surface area contributed by atoms with Crippen LogP contribution in [0.15, 0.2) is 267 Å². The number of hydrogen-bond donors (Lipinski definition) is 0. The van der Waals surface area contributed by atoms with E-state index in [4.69, 9.17) is 0 Å². The van der Waals surface area contributed by atoms with Gasteiger partial charge in [0.1, 0.15) is 0 Å². The van der Waals surface area contributed by atoms with Crippen molar-refractivity contribution >= 4 is 98.8 Å². The van der Waals surface area contributed by atoms with Crippen molar-refractivity contribution in [1.29, 1.82) is 0 Å². The molecule has 2 heteroatoms. The molecule has 13 rings (SSSR count). The van der Waals surface area contributed by atoms with Crippen molar-refractivity contribution in [3.8, 4) is 22.3 Å². The lowest BCUT2D eigenvalue weighted by Crippen LogP contribution is -2.15. The second-order valence-corrected chi connectivity index (χ2v) is 17.7. The number of nitrogens with zero attached hydrogens (tertiary/aromatic N) is 2. The summed E-state index contributed by atoms with van der Waals surface area (Å²) in [5.41, 5.74) is 11.3. The van der Waals surface area contributed by atoms with Gasteiger partial charge in [0, 0.05) is 44.3 Å². The van der Waals surface area contributed by atoms with Gasteiger partial charge in [-0.05, 0) is 126 Å². The van der Waals surface area contributed by atoms with E-state index >= 15 is 0 Å². The van der Waals surface area contributed by atoms with Crippen molar-refractivity contribution in [3.63, 3.8) is 0 Å². The predicted octanol–water partition coefficient (Wildman–Crippen LogP) is 18.9. The Balaban J connectivity index is 1.21. The molecule has 0 aliphatic carbocycles. The highest BCUT2D eigenvalue weighted by molar-refractivity contribution is 6.25. The van der Waals surface area contributed by atoms with Crippen LogP contribution < -0.4 is 9.80 Å². The molecule has 13 aromatic rings. The monoisotopic (exact) mass is 864 g/mol. The van der Waals surface area contributed by atoms with Gasteiger partial charge in [-0.15, -0.1) is 0 Å². The molecule has 0 aliphatic rings. The smallest absolute Gasteiger partial charge is 0.0620 e. The van der Waals surface area contributed by atoms with Crippen LogP contribution in [0, 0.1) is 0 Å². The summed E-state index contributed by atoms with van der Waals surface area (Å²) in [5.74, 6) is 0. The van der Waals surface area contributed by atoms with Gasteiger partial charge in [0.2, 0.25) is 0 Å². The molecule has 0 radical (unpaired) electrons. The van der Waals surface area contributed by atoms with Crippen LogP contribution in [0.3, 0.4) is 0 Å². The lowest BCUT2D eigenvalue weighted by atomic mass is 9.90. The Morgan fingerprint density at radius 1 is 0.176 bits per heavy atom. The number of hydrogen-bond acceptors (Lipinski definition) is 2. The van der Waals surface area contributed by atoms with Gasteiger partial charge < -0.3 is 9.80 Å². The van der Waals surface area contributed by atoms with Crippen LogP contribution in [0.1, 0.15) is 0 Å². The second kappa shape index (κ2) is 16.5. The number of anilines is 6. The lowest BCUT2D eigenvalue weighted by molar-refractivity contribution is 1.31. The molecule has 0 spiro atoms. The summed E-state index contributed by atoms with van der Waals surface area (Å²) in [6.45, 7) is 0. The third-order valence-electron chi connectivity index (χ3n) is 13.7. The van der Waals surface area contributed by atoms with E-state index in [0.717, 1.165) is 66.8 Å². The quantitative estimate of drug-likeness (QED) is 0.111. The highest BCUT2D eigenvalue weighted by Gasteiger charge is 2.27. The fourth-order valence-electron chi connectivity index (χ4n) is 10.4. The lowest BCUT2D eigenvalue weighted by Gasteiger charge is -2.33. The molecule has 0 unspecified atom stereocenters. The van der Waals surface area contributed by atoms with Crippen LogP contribution in [0.5, 0.6) is 0 Å². The minimum atomic E-state index is 1.09. The van der Waals surface area contributed by atoms with Crippen molar-refractivity contribution in [1.82, 2.24) is 0 Å². The van der Waals surface area contributed by atoms with Gasteiger partial charge in [-0.25, -0.2) is 0 Å². The van der Waals surface area contributed by atoms with Crippen LogP contribution in [-0.2, 0) is 0 Å². The standard InChI is InChI=1S/C66H44N2/c1-3-15-45(16-4-1)55-31-37-61-63(43-55)65(67(57-33-27-47-19-7-11-23-51(47)39-57)58-34-28-48-20-8-12-24-52(48)40-58)62-38-32-56(46-17-5-2-6-18-46)44-64(62)66(61)68(59-35-29-49-21-9-13-25-53(49)41-59)60-36-30-50-22-10-14-26-54(50)42-60/h1-44H. The van der Waals surface area contributed by atoms with Crippen molar-refractivity contribution in [3.05, 3.63) is 267 Å².